The van der Waals surface area contributed by atoms with Gasteiger partial charge in [-0.2, -0.15) is 11.3 Å². The molecule has 2 aromatic rings. The van der Waals surface area contributed by atoms with Crippen molar-refractivity contribution >= 4 is 28.8 Å². The Balaban J connectivity index is 1.97. The van der Waals surface area contributed by atoms with Crippen molar-refractivity contribution in [1.29, 1.82) is 0 Å². The number of anilines is 2. The molecule has 1 heterocycles. The molecule has 1 aromatic heterocycles. The number of amides is 1. The predicted molar refractivity (Wildman–Crippen MR) is 78.8 cm³/mol. The molecule has 0 fully saturated rings. The highest BCUT2D eigenvalue weighted by molar-refractivity contribution is 7.07. The number of thiophene rings is 1. The van der Waals surface area contributed by atoms with Crippen molar-refractivity contribution in [3.05, 3.63) is 46.7 Å². The number of ether oxygens (including phenoxy) is 1. The van der Waals surface area contributed by atoms with E-state index in [9.17, 15) is 4.79 Å². The maximum Gasteiger partial charge on any atom is 0.411 e. The number of methoxy groups -OCH3 is 1. The highest BCUT2D eigenvalue weighted by Gasteiger charge is 2.06. The van der Waals surface area contributed by atoms with Gasteiger partial charge in [0, 0.05) is 17.4 Å². The molecule has 0 saturated heterocycles. The molecule has 0 radical (unpaired) electrons. The maximum absolute atomic E-state index is 11.1. The Kier molecular flexibility index (Phi) is 4.41. The summed E-state index contributed by atoms with van der Waals surface area (Å²) in [5.41, 5.74) is 2.98. The van der Waals surface area contributed by atoms with Crippen molar-refractivity contribution in [3.8, 4) is 0 Å². The second-order valence-corrected chi connectivity index (χ2v) is 4.90. The quantitative estimate of drug-likeness (QED) is 0.884. The molecule has 19 heavy (non-hydrogen) atoms. The second kappa shape index (κ2) is 6.24. The summed E-state index contributed by atoms with van der Waals surface area (Å²) in [5.74, 6) is 0. The number of rotatable bonds is 4. The molecule has 1 amide bonds. The van der Waals surface area contributed by atoms with Crippen molar-refractivity contribution in [2.24, 2.45) is 0 Å². The Labute approximate surface area is 116 Å². The van der Waals surface area contributed by atoms with Gasteiger partial charge in [0.15, 0.2) is 0 Å². The van der Waals surface area contributed by atoms with Crippen molar-refractivity contribution in [2.45, 2.75) is 13.0 Å². The van der Waals surface area contributed by atoms with E-state index in [0.29, 0.717) is 5.69 Å². The standard InChI is InChI=1S/C14H16N2O2S/c1-10(11-7-8-19-9-11)15-12-3-5-13(6-4-12)16-14(17)18-2/h3-10,15H,1-2H3,(H,16,17). The maximum atomic E-state index is 11.1. The molecule has 0 spiro atoms. The topological polar surface area (TPSA) is 50.4 Å². The van der Waals surface area contributed by atoms with Crippen LogP contribution < -0.4 is 10.6 Å². The van der Waals surface area contributed by atoms with Gasteiger partial charge in [-0.25, -0.2) is 4.79 Å². The van der Waals surface area contributed by atoms with Crippen LogP contribution in [0.3, 0.4) is 0 Å². The van der Waals surface area contributed by atoms with Gasteiger partial charge in [0.2, 0.25) is 0 Å². The first-order valence-corrected chi connectivity index (χ1v) is 6.87. The van der Waals surface area contributed by atoms with Crippen LogP contribution in [0, 0.1) is 0 Å². The molecule has 2 rings (SSSR count). The third-order valence-corrected chi connectivity index (χ3v) is 3.44. The number of hydrogen-bond donors (Lipinski definition) is 2. The van der Waals surface area contributed by atoms with Gasteiger partial charge in [-0.15, -0.1) is 0 Å². The summed E-state index contributed by atoms with van der Waals surface area (Å²) in [6, 6.07) is 9.88. The summed E-state index contributed by atoms with van der Waals surface area (Å²) in [6.45, 7) is 2.11. The summed E-state index contributed by atoms with van der Waals surface area (Å²) in [6.07, 6.45) is -0.465. The predicted octanol–water partition coefficient (Wildman–Crippen LogP) is 4.10. The summed E-state index contributed by atoms with van der Waals surface area (Å²) in [5, 5.41) is 10.2. The van der Waals surface area contributed by atoms with E-state index in [4.69, 9.17) is 0 Å². The van der Waals surface area contributed by atoms with Crippen molar-refractivity contribution in [3.63, 3.8) is 0 Å². The molecule has 0 saturated carbocycles. The van der Waals surface area contributed by atoms with Crippen LogP contribution in [0.15, 0.2) is 41.1 Å². The van der Waals surface area contributed by atoms with Crippen LogP contribution in [0.1, 0.15) is 18.5 Å². The molecule has 1 unspecified atom stereocenters. The monoisotopic (exact) mass is 276 g/mol. The van der Waals surface area contributed by atoms with Crippen molar-refractivity contribution in [1.82, 2.24) is 0 Å². The lowest BCUT2D eigenvalue weighted by atomic mass is 10.1. The van der Waals surface area contributed by atoms with E-state index in [1.807, 2.05) is 24.3 Å². The third-order valence-electron chi connectivity index (χ3n) is 2.74. The molecule has 0 aliphatic carbocycles. The smallest absolute Gasteiger partial charge is 0.411 e. The fraction of sp³-hybridized carbons (Fsp3) is 0.214. The minimum absolute atomic E-state index is 0.255. The molecule has 0 aliphatic heterocycles. The van der Waals surface area contributed by atoms with Gasteiger partial charge in [0.05, 0.1) is 7.11 Å². The number of benzene rings is 1. The number of carbonyl (C=O) groups is 1. The van der Waals surface area contributed by atoms with E-state index in [-0.39, 0.29) is 6.04 Å². The molecule has 0 aliphatic rings. The van der Waals surface area contributed by atoms with Crippen molar-refractivity contribution in [2.75, 3.05) is 17.7 Å². The summed E-state index contributed by atoms with van der Waals surface area (Å²) in [7, 11) is 1.34. The third kappa shape index (κ3) is 3.72. The minimum atomic E-state index is -0.465. The van der Waals surface area contributed by atoms with E-state index < -0.39 is 6.09 Å². The first-order valence-electron chi connectivity index (χ1n) is 5.92. The SMILES string of the molecule is COC(=O)Nc1ccc(NC(C)c2ccsc2)cc1. The zero-order valence-corrected chi connectivity index (χ0v) is 11.7. The van der Waals surface area contributed by atoms with Gasteiger partial charge in [-0.1, -0.05) is 0 Å². The Morgan fingerprint density at radius 1 is 1.21 bits per heavy atom. The van der Waals surface area contributed by atoms with Crippen molar-refractivity contribution < 1.29 is 9.53 Å². The molecule has 2 N–H and O–H groups in total. The molecular formula is C14H16N2O2S. The van der Waals surface area contributed by atoms with Gasteiger partial charge in [0.1, 0.15) is 0 Å². The Bertz CT molecular complexity index is 523. The summed E-state index contributed by atoms with van der Waals surface area (Å²) < 4.78 is 4.53. The van der Waals surface area contributed by atoms with Gasteiger partial charge in [-0.3, -0.25) is 5.32 Å². The summed E-state index contributed by atoms with van der Waals surface area (Å²) >= 11 is 1.69. The van der Waals surface area contributed by atoms with Crippen LogP contribution in [0.5, 0.6) is 0 Å². The van der Waals surface area contributed by atoms with Crippen LogP contribution in [0.2, 0.25) is 0 Å². The lowest BCUT2D eigenvalue weighted by molar-refractivity contribution is 0.187. The van der Waals surface area contributed by atoms with Crippen LogP contribution in [-0.2, 0) is 4.74 Å². The van der Waals surface area contributed by atoms with E-state index >= 15 is 0 Å². The first kappa shape index (κ1) is 13.4. The van der Waals surface area contributed by atoms with E-state index in [0.717, 1.165) is 5.69 Å². The molecule has 1 aromatic carbocycles. The molecule has 4 nitrogen and oxygen atoms in total. The summed E-state index contributed by atoms with van der Waals surface area (Å²) in [4.78, 5) is 11.1. The lowest BCUT2D eigenvalue weighted by Crippen LogP contribution is -2.11. The molecule has 1 atom stereocenters. The average Bonchev–Trinajstić information content (AvgIpc) is 2.95. The molecule has 100 valence electrons. The van der Waals surface area contributed by atoms with Gasteiger partial charge < -0.3 is 10.1 Å². The molecular weight excluding hydrogens is 260 g/mol. The Hall–Kier alpha value is -2.01. The van der Waals surface area contributed by atoms with Crippen LogP contribution in [-0.4, -0.2) is 13.2 Å². The molecule has 5 heteroatoms. The molecule has 0 bridgehead atoms. The zero-order chi connectivity index (χ0) is 13.7. The van der Waals surface area contributed by atoms with Crippen LogP contribution >= 0.6 is 11.3 Å². The van der Waals surface area contributed by atoms with E-state index in [1.165, 1.54) is 12.7 Å². The largest absolute Gasteiger partial charge is 0.453 e. The fourth-order valence-electron chi connectivity index (χ4n) is 1.67. The lowest BCUT2D eigenvalue weighted by Gasteiger charge is -2.14. The number of nitrogens with one attached hydrogen (secondary N) is 2. The highest BCUT2D eigenvalue weighted by atomic mass is 32.1. The normalized spacial score (nSPS) is 11.7. The first-order chi connectivity index (χ1) is 9.19. The number of hydrogen-bond acceptors (Lipinski definition) is 4. The highest BCUT2D eigenvalue weighted by Crippen LogP contribution is 2.22. The fourth-order valence-corrected chi connectivity index (χ4v) is 2.43. The van der Waals surface area contributed by atoms with Gasteiger partial charge in [0.25, 0.3) is 0 Å². The van der Waals surface area contributed by atoms with Crippen LogP contribution in [0.25, 0.3) is 0 Å². The van der Waals surface area contributed by atoms with Gasteiger partial charge in [-0.05, 0) is 53.6 Å². The van der Waals surface area contributed by atoms with E-state index in [2.05, 4.69) is 39.1 Å². The average molecular weight is 276 g/mol. The zero-order valence-electron chi connectivity index (χ0n) is 10.8. The minimum Gasteiger partial charge on any atom is -0.453 e. The van der Waals surface area contributed by atoms with Crippen LogP contribution in [0.4, 0.5) is 16.2 Å². The Morgan fingerprint density at radius 2 is 1.89 bits per heavy atom. The Morgan fingerprint density at radius 3 is 2.47 bits per heavy atom. The second-order valence-electron chi connectivity index (χ2n) is 4.12. The van der Waals surface area contributed by atoms with E-state index in [1.54, 1.807) is 11.3 Å². The number of carbonyl (C=O) groups excluding carboxylic acids is 1. The van der Waals surface area contributed by atoms with Gasteiger partial charge >= 0.3 is 6.09 Å².